The lowest BCUT2D eigenvalue weighted by Gasteiger charge is -2.24. The maximum absolute atomic E-state index is 14.2. The highest BCUT2D eigenvalue weighted by atomic mass is 19.1. The van der Waals surface area contributed by atoms with Crippen LogP contribution in [-0.2, 0) is 4.74 Å². The lowest BCUT2D eigenvalue weighted by atomic mass is 10.1. The molecule has 1 unspecified atom stereocenters. The first-order valence-electron chi connectivity index (χ1n) is 8.01. The van der Waals surface area contributed by atoms with E-state index in [-0.39, 0.29) is 12.1 Å². The molecule has 1 aromatic carbocycles. The second-order valence-electron chi connectivity index (χ2n) is 6.92. The van der Waals surface area contributed by atoms with Gasteiger partial charge in [-0.3, -0.25) is 4.79 Å². The van der Waals surface area contributed by atoms with Gasteiger partial charge < -0.3 is 15.0 Å². The molecule has 25 heavy (non-hydrogen) atoms. The molecule has 1 aliphatic rings. The highest BCUT2D eigenvalue weighted by Crippen LogP contribution is 2.20. The van der Waals surface area contributed by atoms with Crippen molar-refractivity contribution >= 4 is 18.1 Å². The van der Waals surface area contributed by atoms with Crippen molar-refractivity contribution in [3.05, 3.63) is 41.5 Å². The average molecular weight is 352 g/mol. The summed E-state index contributed by atoms with van der Waals surface area (Å²) >= 11 is 0. The van der Waals surface area contributed by atoms with E-state index in [0.29, 0.717) is 13.0 Å². The molecule has 7 heteroatoms. The summed E-state index contributed by atoms with van der Waals surface area (Å²) in [5.74, 6) is -2.74. The summed E-state index contributed by atoms with van der Waals surface area (Å²) in [5, 5.41) is 2.57. The van der Waals surface area contributed by atoms with Crippen molar-refractivity contribution in [3.8, 4) is 0 Å². The molecule has 1 aliphatic heterocycles. The van der Waals surface area contributed by atoms with Crippen LogP contribution in [0.5, 0.6) is 0 Å². The number of nitrogens with zero attached hydrogens (tertiary/aromatic N) is 1. The van der Waals surface area contributed by atoms with Gasteiger partial charge in [0.25, 0.3) is 5.91 Å². The Morgan fingerprint density at radius 2 is 2.04 bits per heavy atom. The minimum Gasteiger partial charge on any atom is -0.444 e. The minimum absolute atomic E-state index is 0.0494. The summed E-state index contributed by atoms with van der Waals surface area (Å²) in [4.78, 5) is 25.7. The number of nitrogens with one attached hydrogen (secondary N) is 1. The summed E-state index contributed by atoms with van der Waals surface area (Å²) in [7, 11) is 0. The number of hydrogen-bond donors (Lipinski definition) is 1. The summed E-state index contributed by atoms with van der Waals surface area (Å²) in [6.07, 6.45) is 1.22. The first-order valence-corrected chi connectivity index (χ1v) is 8.01. The highest BCUT2D eigenvalue weighted by molar-refractivity contribution is 5.95. The van der Waals surface area contributed by atoms with Crippen LogP contribution in [0.3, 0.4) is 0 Å². The van der Waals surface area contributed by atoms with Crippen LogP contribution in [0.15, 0.2) is 18.7 Å². The zero-order valence-electron chi connectivity index (χ0n) is 14.6. The van der Waals surface area contributed by atoms with Gasteiger partial charge in [-0.05, 0) is 39.3 Å². The number of benzene rings is 1. The van der Waals surface area contributed by atoms with Gasteiger partial charge >= 0.3 is 6.09 Å². The fourth-order valence-electron chi connectivity index (χ4n) is 2.56. The molecule has 0 bridgehead atoms. The van der Waals surface area contributed by atoms with E-state index in [1.54, 1.807) is 20.8 Å². The molecule has 1 aromatic rings. The molecule has 1 heterocycles. The van der Waals surface area contributed by atoms with Gasteiger partial charge in [0, 0.05) is 24.7 Å². The molecule has 1 atom stereocenters. The molecule has 0 aromatic heterocycles. The van der Waals surface area contributed by atoms with Crippen molar-refractivity contribution in [1.82, 2.24) is 10.2 Å². The maximum Gasteiger partial charge on any atom is 0.410 e. The molecule has 2 rings (SSSR count). The van der Waals surface area contributed by atoms with Gasteiger partial charge in [0.05, 0.1) is 0 Å². The monoisotopic (exact) mass is 352 g/mol. The number of carbonyl (C=O) groups excluding carboxylic acids is 2. The second kappa shape index (κ2) is 7.21. The third kappa shape index (κ3) is 4.55. The number of carbonyl (C=O) groups is 2. The van der Waals surface area contributed by atoms with Gasteiger partial charge in [0.2, 0.25) is 0 Å². The third-order valence-corrected chi connectivity index (χ3v) is 3.74. The number of halogens is 2. The Kier molecular flexibility index (Phi) is 5.45. The number of hydrogen-bond acceptors (Lipinski definition) is 3. The van der Waals surface area contributed by atoms with Crippen LogP contribution < -0.4 is 5.32 Å². The normalized spacial score (nSPS) is 17.3. The van der Waals surface area contributed by atoms with Gasteiger partial charge in [-0.15, -0.1) is 0 Å². The van der Waals surface area contributed by atoms with Gasteiger partial charge in [-0.2, -0.15) is 0 Å². The zero-order valence-corrected chi connectivity index (χ0v) is 14.6. The first kappa shape index (κ1) is 18.9. The van der Waals surface area contributed by atoms with Crippen molar-refractivity contribution < 1.29 is 23.1 Å². The van der Waals surface area contributed by atoms with Crippen LogP contribution in [0.1, 0.15) is 43.1 Å². The fraction of sp³-hybridized carbons (Fsp3) is 0.444. The predicted molar refractivity (Wildman–Crippen MR) is 90.1 cm³/mol. The van der Waals surface area contributed by atoms with E-state index < -0.39 is 40.8 Å². The molecule has 1 fully saturated rings. The van der Waals surface area contributed by atoms with Crippen LogP contribution in [0.25, 0.3) is 6.08 Å². The third-order valence-electron chi connectivity index (χ3n) is 3.74. The second-order valence-corrected chi connectivity index (χ2v) is 6.92. The Labute approximate surface area is 145 Å². The molecule has 0 saturated carbocycles. The number of likely N-dealkylation sites (tertiary alicyclic amines) is 1. The lowest BCUT2D eigenvalue weighted by molar-refractivity contribution is 0.0290. The highest BCUT2D eigenvalue weighted by Gasteiger charge is 2.31. The Balaban J connectivity index is 2.04. The average Bonchev–Trinajstić information content (AvgIpc) is 2.94. The Bertz CT molecular complexity index is 698. The molecule has 0 aliphatic carbocycles. The van der Waals surface area contributed by atoms with Crippen molar-refractivity contribution in [2.75, 3.05) is 13.1 Å². The Morgan fingerprint density at radius 3 is 2.64 bits per heavy atom. The molecular weight excluding hydrogens is 330 g/mol. The standard InChI is InChI=1S/C18H22F2N2O3/c1-5-11-6-7-13(19)14(15(11)20)16(23)21-12-8-9-22(10-12)17(24)25-18(2,3)4/h5-7,12H,1,8-10H2,2-4H3,(H,21,23). The van der Waals surface area contributed by atoms with E-state index in [1.165, 1.54) is 17.0 Å². The molecule has 0 radical (unpaired) electrons. The maximum atomic E-state index is 14.2. The van der Waals surface area contributed by atoms with Crippen LogP contribution in [-0.4, -0.2) is 41.6 Å². The first-order chi connectivity index (χ1) is 11.6. The largest absolute Gasteiger partial charge is 0.444 e. The van der Waals surface area contributed by atoms with Crippen molar-refractivity contribution in [2.24, 2.45) is 0 Å². The zero-order chi connectivity index (χ0) is 18.8. The van der Waals surface area contributed by atoms with E-state index >= 15 is 0 Å². The SMILES string of the molecule is C=Cc1ccc(F)c(C(=O)NC2CCN(C(=O)OC(C)(C)C)C2)c1F. The molecule has 0 spiro atoms. The summed E-state index contributed by atoms with van der Waals surface area (Å²) in [5.41, 5.74) is -1.21. The summed E-state index contributed by atoms with van der Waals surface area (Å²) < 4.78 is 33.3. The van der Waals surface area contributed by atoms with E-state index in [9.17, 15) is 18.4 Å². The number of rotatable bonds is 3. The summed E-state index contributed by atoms with van der Waals surface area (Å²) in [6.45, 7) is 9.35. The van der Waals surface area contributed by atoms with E-state index in [0.717, 1.165) is 6.07 Å². The van der Waals surface area contributed by atoms with Crippen molar-refractivity contribution in [1.29, 1.82) is 0 Å². The van der Waals surface area contributed by atoms with E-state index in [1.807, 2.05) is 0 Å². The Morgan fingerprint density at radius 1 is 1.36 bits per heavy atom. The van der Waals surface area contributed by atoms with Gasteiger partial charge in [-0.1, -0.05) is 12.7 Å². The van der Waals surface area contributed by atoms with Crippen LogP contribution in [0.4, 0.5) is 13.6 Å². The van der Waals surface area contributed by atoms with Gasteiger partial charge in [0.15, 0.2) is 0 Å². The van der Waals surface area contributed by atoms with Crippen LogP contribution >= 0.6 is 0 Å². The van der Waals surface area contributed by atoms with Gasteiger partial charge in [0.1, 0.15) is 22.8 Å². The quantitative estimate of drug-likeness (QED) is 0.908. The number of amides is 2. The van der Waals surface area contributed by atoms with Gasteiger partial charge in [-0.25, -0.2) is 13.6 Å². The van der Waals surface area contributed by atoms with E-state index in [2.05, 4.69) is 11.9 Å². The van der Waals surface area contributed by atoms with Crippen LogP contribution in [0, 0.1) is 11.6 Å². The smallest absolute Gasteiger partial charge is 0.410 e. The van der Waals surface area contributed by atoms with Crippen LogP contribution in [0.2, 0.25) is 0 Å². The minimum atomic E-state index is -0.950. The topological polar surface area (TPSA) is 58.6 Å². The van der Waals surface area contributed by atoms with E-state index in [4.69, 9.17) is 4.74 Å². The molecular formula is C18H22F2N2O3. The molecule has 1 saturated heterocycles. The lowest BCUT2D eigenvalue weighted by Crippen LogP contribution is -2.40. The van der Waals surface area contributed by atoms with Crippen molar-refractivity contribution in [2.45, 2.75) is 38.8 Å². The number of ether oxygens (including phenoxy) is 1. The predicted octanol–water partition coefficient (Wildman–Crippen LogP) is 3.35. The van der Waals surface area contributed by atoms with Crippen molar-refractivity contribution in [3.63, 3.8) is 0 Å². The molecule has 136 valence electrons. The summed E-state index contributed by atoms with van der Waals surface area (Å²) in [6, 6.07) is 1.84. The molecule has 1 N–H and O–H groups in total. The molecule has 5 nitrogen and oxygen atoms in total. The fourth-order valence-corrected chi connectivity index (χ4v) is 2.56. The molecule has 2 amide bonds. The Hall–Kier alpha value is -2.44.